The molecule has 0 bridgehead atoms. The smallest absolute Gasteiger partial charge is 0.268 e. The number of carbonyl (C=O) groups excluding carboxylic acids is 2. The van der Waals surface area contributed by atoms with Crippen LogP contribution in [0.25, 0.3) is 43.1 Å². The molecule has 0 aliphatic carbocycles. The van der Waals surface area contributed by atoms with Gasteiger partial charge in [0.25, 0.3) is 17.5 Å². The van der Waals surface area contributed by atoms with Crippen molar-refractivity contribution in [3.8, 4) is 0 Å². The summed E-state index contributed by atoms with van der Waals surface area (Å²) in [7, 11) is 0. The van der Waals surface area contributed by atoms with Crippen molar-refractivity contribution in [2.75, 3.05) is 4.90 Å². The highest BCUT2D eigenvalue weighted by atomic mass is 16.6. The molecule has 1 heterocycles. The zero-order valence-electron chi connectivity index (χ0n) is 24.5. The molecule has 0 radical (unpaired) electrons. The fraction of sp³-hybridized carbons (Fsp3) is 0.222. The number of anilines is 1. The number of hydrogen-bond acceptors (Lipinski definition) is 4. The van der Waals surface area contributed by atoms with Crippen molar-refractivity contribution in [2.45, 2.75) is 52.4 Å². The van der Waals surface area contributed by atoms with Gasteiger partial charge in [-0.25, -0.2) is 4.90 Å². The number of hydrogen-bond donors (Lipinski definition) is 0. The molecule has 0 N–H and O–H groups in total. The van der Waals surface area contributed by atoms with Crippen molar-refractivity contribution >= 4 is 66.3 Å². The van der Waals surface area contributed by atoms with E-state index in [1.807, 2.05) is 36.4 Å². The molecule has 7 rings (SSSR count). The summed E-state index contributed by atoms with van der Waals surface area (Å²) in [5.41, 5.74) is 3.11. The number of imide groups is 1. The number of rotatable bonds is 2. The zero-order chi connectivity index (χ0) is 29.9. The van der Waals surface area contributed by atoms with E-state index in [-0.39, 0.29) is 33.3 Å². The Hall–Kier alpha value is -4.84. The molecular formula is C36H30N2O4. The molecule has 6 heteroatoms. The van der Waals surface area contributed by atoms with Crippen molar-refractivity contribution in [1.29, 1.82) is 0 Å². The Balaban J connectivity index is 1.54. The van der Waals surface area contributed by atoms with Crippen LogP contribution < -0.4 is 4.90 Å². The first kappa shape index (κ1) is 26.1. The Bertz CT molecular complexity index is 2110. The van der Waals surface area contributed by atoms with Crippen LogP contribution in [0.4, 0.5) is 11.4 Å². The SMILES string of the molecule is CC(C)(C)c1ccc(C(C)(C)C)c(N2C(=O)c3ccc4c5cccc6c([N+](=O)[O-])ccc(c7ccc(c3c47)C2=O)c65)c1. The summed E-state index contributed by atoms with van der Waals surface area (Å²) in [6.07, 6.45) is 0. The Morgan fingerprint density at radius 1 is 0.619 bits per heavy atom. The molecule has 0 spiro atoms. The van der Waals surface area contributed by atoms with E-state index in [4.69, 9.17) is 0 Å². The highest BCUT2D eigenvalue weighted by molar-refractivity contribution is 6.42. The summed E-state index contributed by atoms with van der Waals surface area (Å²) >= 11 is 0. The largest absolute Gasteiger partial charge is 0.277 e. The minimum Gasteiger partial charge on any atom is -0.268 e. The maximum atomic E-state index is 14.4. The first-order valence-electron chi connectivity index (χ1n) is 14.1. The lowest BCUT2D eigenvalue weighted by atomic mass is 9.80. The van der Waals surface area contributed by atoms with Crippen LogP contribution in [0, 0.1) is 10.1 Å². The van der Waals surface area contributed by atoms with Crippen LogP contribution in [-0.2, 0) is 10.8 Å². The van der Waals surface area contributed by atoms with Crippen molar-refractivity contribution in [2.24, 2.45) is 0 Å². The standard InChI is InChI=1S/C36H30N2O4/c1-35(2,3)19-10-16-27(36(4,5)6)29(18-19)37-33(39)25-13-11-22-20-8-7-9-24-28(38(41)42)17-15-21(30(20)24)23-12-14-26(34(37)40)32(25)31(22)23/h7-18H,1-6H3. The van der Waals surface area contributed by atoms with Gasteiger partial charge < -0.3 is 0 Å². The van der Waals surface area contributed by atoms with Gasteiger partial charge in [0, 0.05) is 28.0 Å². The van der Waals surface area contributed by atoms with Crippen LogP contribution in [0.1, 0.15) is 73.4 Å². The van der Waals surface area contributed by atoms with Gasteiger partial charge in [0.15, 0.2) is 0 Å². The molecule has 0 saturated heterocycles. The van der Waals surface area contributed by atoms with Crippen molar-refractivity contribution in [3.63, 3.8) is 0 Å². The van der Waals surface area contributed by atoms with Crippen LogP contribution in [0.3, 0.4) is 0 Å². The van der Waals surface area contributed by atoms with Gasteiger partial charge in [0.1, 0.15) is 0 Å². The fourth-order valence-electron chi connectivity index (χ4n) is 6.67. The first-order valence-corrected chi connectivity index (χ1v) is 14.1. The molecule has 0 aromatic heterocycles. The molecule has 6 nitrogen and oxygen atoms in total. The molecular weight excluding hydrogens is 524 g/mol. The average molecular weight is 555 g/mol. The van der Waals surface area contributed by atoms with Gasteiger partial charge in [-0.3, -0.25) is 19.7 Å². The summed E-state index contributed by atoms with van der Waals surface area (Å²) in [5.74, 6) is -0.694. The van der Waals surface area contributed by atoms with Gasteiger partial charge in [0.2, 0.25) is 0 Å². The molecule has 2 amide bonds. The zero-order valence-corrected chi connectivity index (χ0v) is 24.5. The van der Waals surface area contributed by atoms with E-state index < -0.39 is 0 Å². The number of amides is 2. The summed E-state index contributed by atoms with van der Waals surface area (Å²) in [5, 5.41) is 18.1. The molecule has 42 heavy (non-hydrogen) atoms. The van der Waals surface area contributed by atoms with Crippen LogP contribution in [0.5, 0.6) is 0 Å². The number of fused-ring (bicyclic) bond motifs is 2. The normalized spacial score (nSPS) is 14.2. The van der Waals surface area contributed by atoms with Gasteiger partial charge in [-0.05, 0) is 79.2 Å². The maximum Gasteiger partial charge on any atom is 0.277 e. The number of nitro groups is 1. The maximum absolute atomic E-state index is 14.4. The van der Waals surface area contributed by atoms with E-state index in [0.29, 0.717) is 27.6 Å². The predicted octanol–water partition coefficient (Wildman–Crippen LogP) is 9.04. The van der Waals surface area contributed by atoms with E-state index in [1.54, 1.807) is 24.3 Å². The average Bonchev–Trinajstić information content (AvgIpc) is 2.93. The molecule has 0 saturated carbocycles. The van der Waals surface area contributed by atoms with Gasteiger partial charge in [0.05, 0.1) is 16.0 Å². The Morgan fingerprint density at radius 2 is 1.17 bits per heavy atom. The summed E-state index contributed by atoms with van der Waals surface area (Å²) in [6, 6.07) is 22.4. The van der Waals surface area contributed by atoms with Crippen molar-refractivity contribution in [3.05, 3.63) is 105 Å². The molecule has 6 aromatic carbocycles. The monoisotopic (exact) mass is 554 g/mol. The third kappa shape index (κ3) is 3.44. The third-order valence-electron chi connectivity index (χ3n) is 8.74. The second-order valence-electron chi connectivity index (χ2n) is 13.4. The topological polar surface area (TPSA) is 80.5 Å². The van der Waals surface area contributed by atoms with Crippen LogP contribution in [0.2, 0.25) is 0 Å². The molecule has 0 fully saturated rings. The molecule has 1 aliphatic heterocycles. The number of benzene rings is 6. The quantitative estimate of drug-likeness (QED) is 0.0703. The summed E-state index contributed by atoms with van der Waals surface area (Å²) < 4.78 is 0. The predicted molar refractivity (Wildman–Crippen MR) is 169 cm³/mol. The van der Waals surface area contributed by atoms with E-state index in [0.717, 1.165) is 43.4 Å². The lowest BCUT2D eigenvalue weighted by Gasteiger charge is -2.34. The Morgan fingerprint density at radius 3 is 1.74 bits per heavy atom. The molecule has 0 unspecified atom stereocenters. The van der Waals surface area contributed by atoms with Gasteiger partial charge in [-0.15, -0.1) is 0 Å². The molecule has 6 aromatic rings. The van der Waals surface area contributed by atoms with Gasteiger partial charge in [-0.2, -0.15) is 0 Å². The lowest BCUT2D eigenvalue weighted by Crippen LogP contribution is -2.42. The van der Waals surface area contributed by atoms with E-state index in [1.165, 1.54) is 11.0 Å². The summed E-state index contributed by atoms with van der Waals surface area (Å²) in [6.45, 7) is 12.6. The van der Waals surface area contributed by atoms with Crippen molar-refractivity contribution in [1.82, 2.24) is 0 Å². The fourth-order valence-corrected chi connectivity index (χ4v) is 6.67. The van der Waals surface area contributed by atoms with Gasteiger partial charge in [-0.1, -0.05) is 77.9 Å². The molecule has 0 atom stereocenters. The minimum absolute atomic E-state index is 0.0535. The highest BCUT2D eigenvalue weighted by Crippen LogP contribution is 2.46. The number of nitrogens with zero attached hydrogens (tertiary/aromatic N) is 2. The van der Waals surface area contributed by atoms with Crippen LogP contribution in [-0.4, -0.2) is 16.7 Å². The minimum atomic E-state index is -0.356. The first-order chi connectivity index (χ1) is 19.8. The van der Waals surface area contributed by atoms with Crippen molar-refractivity contribution < 1.29 is 14.5 Å². The summed E-state index contributed by atoms with van der Waals surface area (Å²) in [4.78, 5) is 41.6. The van der Waals surface area contributed by atoms with E-state index >= 15 is 0 Å². The molecule has 1 aliphatic rings. The second kappa shape index (κ2) is 8.35. The van der Waals surface area contributed by atoms with Gasteiger partial charge >= 0.3 is 0 Å². The second-order valence-corrected chi connectivity index (χ2v) is 13.4. The highest BCUT2D eigenvalue weighted by Gasteiger charge is 2.38. The number of non-ortho nitro benzene ring substituents is 1. The lowest BCUT2D eigenvalue weighted by molar-refractivity contribution is -0.383. The third-order valence-corrected chi connectivity index (χ3v) is 8.74. The van der Waals surface area contributed by atoms with E-state index in [9.17, 15) is 19.7 Å². The number of carbonyl (C=O) groups is 2. The van der Waals surface area contributed by atoms with Crippen LogP contribution in [0.15, 0.2) is 72.8 Å². The van der Waals surface area contributed by atoms with Crippen LogP contribution >= 0.6 is 0 Å². The molecule has 208 valence electrons. The Kier molecular flexibility index (Phi) is 5.19. The number of nitro benzene ring substituents is 1. The van der Waals surface area contributed by atoms with E-state index in [2.05, 4.69) is 47.6 Å². The Labute approximate surface area is 243 Å².